The topological polar surface area (TPSA) is 37.3 Å². The van der Waals surface area contributed by atoms with Crippen molar-refractivity contribution in [2.45, 2.75) is 26.4 Å². The number of carbonyl (C=O) groups is 1. The van der Waals surface area contributed by atoms with Crippen molar-refractivity contribution in [1.29, 1.82) is 0 Å². The molecule has 0 heterocycles. The van der Waals surface area contributed by atoms with Crippen LogP contribution in [0.5, 0.6) is 0 Å². The Kier molecular flexibility index (Phi) is 3.96. The minimum Gasteiger partial charge on any atom is -0.393 e. The van der Waals surface area contributed by atoms with Gasteiger partial charge in [0.1, 0.15) is 5.78 Å². The zero-order valence-corrected chi connectivity index (χ0v) is 6.50. The Bertz CT molecular complexity index is 127. The van der Waals surface area contributed by atoms with E-state index >= 15 is 0 Å². The van der Waals surface area contributed by atoms with E-state index in [2.05, 4.69) is 6.58 Å². The predicted octanol–water partition coefficient (Wildman–Crippen LogP) is 1.15. The third-order valence-corrected chi connectivity index (χ3v) is 1.53. The first-order valence-corrected chi connectivity index (χ1v) is 3.39. The summed E-state index contributed by atoms with van der Waals surface area (Å²) in [6.07, 6.45) is 1.65. The second-order valence-corrected chi connectivity index (χ2v) is 2.48. The van der Waals surface area contributed by atoms with Crippen molar-refractivity contribution in [1.82, 2.24) is 0 Å². The number of rotatable bonds is 4. The van der Waals surface area contributed by atoms with E-state index in [1.165, 1.54) is 6.92 Å². The summed E-state index contributed by atoms with van der Waals surface area (Å²) < 4.78 is 0. The van der Waals surface area contributed by atoms with Gasteiger partial charge in [0, 0.05) is 5.92 Å². The number of hydrogen-bond acceptors (Lipinski definition) is 2. The van der Waals surface area contributed by atoms with Gasteiger partial charge in [-0.2, -0.15) is 0 Å². The van der Waals surface area contributed by atoms with Gasteiger partial charge in [0.2, 0.25) is 0 Å². The van der Waals surface area contributed by atoms with Gasteiger partial charge >= 0.3 is 0 Å². The molecule has 0 saturated carbocycles. The van der Waals surface area contributed by atoms with Crippen LogP contribution in [0.4, 0.5) is 0 Å². The van der Waals surface area contributed by atoms with Crippen LogP contribution in [0.3, 0.4) is 0 Å². The summed E-state index contributed by atoms with van der Waals surface area (Å²) in [5, 5.41) is 9.05. The molecule has 0 aromatic heterocycles. The predicted molar refractivity (Wildman–Crippen MR) is 40.7 cm³/mol. The monoisotopic (exact) mass is 142 g/mol. The van der Waals surface area contributed by atoms with Crippen LogP contribution in [0.25, 0.3) is 0 Å². The van der Waals surface area contributed by atoms with Crippen molar-refractivity contribution < 1.29 is 9.90 Å². The summed E-state index contributed by atoms with van der Waals surface area (Å²) >= 11 is 0. The van der Waals surface area contributed by atoms with E-state index in [9.17, 15) is 4.79 Å². The van der Waals surface area contributed by atoms with Crippen molar-refractivity contribution in [2.75, 3.05) is 0 Å². The summed E-state index contributed by atoms with van der Waals surface area (Å²) in [5.41, 5.74) is 0. The third kappa shape index (κ3) is 2.78. The average Bonchev–Trinajstić information content (AvgIpc) is 1.81. The third-order valence-electron chi connectivity index (χ3n) is 1.53. The lowest BCUT2D eigenvalue weighted by Crippen LogP contribution is -2.22. The van der Waals surface area contributed by atoms with E-state index in [1.54, 1.807) is 13.0 Å². The second kappa shape index (κ2) is 4.23. The summed E-state index contributed by atoms with van der Waals surface area (Å²) in [4.78, 5) is 10.8. The number of Topliss-reactive ketones (excluding diaryl/α,β-unsaturated/α-hetero) is 1. The van der Waals surface area contributed by atoms with Gasteiger partial charge in [-0.3, -0.25) is 4.79 Å². The summed E-state index contributed by atoms with van der Waals surface area (Å²) in [7, 11) is 0. The summed E-state index contributed by atoms with van der Waals surface area (Å²) in [5.74, 6) is -0.243. The van der Waals surface area contributed by atoms with Gasteiger partial charge in [-0.15, -0.1) is 6.58 Å². The SMILES string of the molecule is C=CC[C@@H](C(C)=O)[C@@H](C)O. The Morgan fingerprint density at radius 3 is 2.40 bits per heavy atom. The lowest BCUT2D eigenvalue weighted by Gasteiger charge is -2.13. The highest BCUT2D eigenvalue weighted by atomic mass is 16.3. The van der Waals surface area contributed by atoms with E-state index in [1.807, 2.05) is 0 Å². The molecule has 0 amide bonds. The first kappa shape index (κ1) is 9.37. The second-order valence-electron chi connectivity index (χ2n) is 2.48. The van der Waals surface area contributed by atoms with E-state index in [0.29, 0.717) is 6.42 Å². The zero-order valence-electron chi connectivity index (χ0n) is 6.50. The number of hydrogen-bond donors (Lipinski definition) is 1. The van der Waals surface area contributed by atoms with Gasteiger partial charge < -0.3 is 5.11 Å². The van der Waals surface area contributed by atoms with Crippen LogP contribution in [0.2, 0.25) is 0 Å². The van der Waals surface area contributed by atoms with E-state index in [0.717, 1.165) is 0 Å². The quantitative estimate of drug-likeness (QED) is 0.598. The standard InChI is InChI=1S/C8H14O2/c1-4-5-8(6(2)9)7(3)10/h4,6,8-9H,1,5H2,2-3H3/t6-,8-/m1/s1. The summed E-state index contributed by atoms with van der Waals surface area (Å²) in [6, 6.07) is 0. The van der Waals surface area contributed by atoms with Crippen molar-refractivity contribution in [2.24, 2.45) is 5.92 Å². The van der Waals surface area contributed by atoms with Crippen molar-refractivity contribution in [3.63, 3.8) is 0 Å². The first-order valence-electron chi connectivity index (χ1n) is 3.39. The number of aliphatic hydroxyl groups is 1. The van der Waals surface area contributed by atoms with Crippen molar-refractivity contribution in [3.8, 4) is 0 Å². The summed E-state index contributed by atoms with van der Waals surface area (Å²) in [6.45, 7) is 6.61. The van der Waals surface area contributed by atoms with Crippen LogP contribution in [0.15, 0.2) is 12.7 Å². The highest BCUT2D eigenvalue weighted by molar-refractivity contribution is 5.78. The average molecular weight is 142 g/mol. The molecule has 2 nitrogen and oxygen atoms in total. The maximum Gasteiger partial charge on any atom is 0.135 e. The molecule has 0 radical (unpaired) electrons. The van der Waals surface area contributed by atoms with Crippen LogP contribution >= 0.6 is 0 Å². The lowest BCUT2D eigenvalue weighted by atomic mass is 9.96. The normalized spacial score (nSPS) is 15.9. The van der Waals surface area contributed by atoms with Gasteiger partial charge in [0.05, 0.1) is 6.10 Å². The van der Waals surface area contributed by atoms with Crippen molar-refractivity contribution >= 4 is 5.78 Å². The van der Waals surface area contributed by atoms with E-state index in [-0.39, 0.29) is 11.7 Å². The van der Waals surface area contributed by atoms with Crippen LogP contribution in [-0.2, 0) is 4.79 Å². The van der Waals surface area contributed by atoms with Crippen LogP contribution < -0.4 is 0 Å². The van der Waals surface area contributed by atoms with Gasteiger partial charge in [0.25, 0.3) is 0 Å². The minimum absolute atomic E-state index is 0.0231. The molecule has 0 fully saturated rings. The highest BCUT2D eigenvalue weighted by Gasteiger charge is 2.17. The minimum atomic E-state index is -0.560. The van der Waals surface area contributed by atoms with Crippen LogP contribution in [-0.4, -0.2) is 17.0 Å². The molecule has 10 heavy (non-hydrogen) atoms. The zero-order chi connectivity index (χ0) is 8.15. The van der Waals surface area contributed by atoms with Crippen molar-refractivity contribution in [3.05, 3.63) is 12.7 Å². The molecule has 2 heteroatoms. The number of aliphatic hydroxyl groups excluding tert-OH is 1. The smallest absolute Gasteiger partial charge is 0.135 e. The van der Waals surface area contributed by atoms with Gasteiger partial charge in [-0.05, 0) is 20.3 Å². The molecule has 0 spiro atoms. The fourth-order valence-corrected chi connectivity index (χ4v) is 0.882. The lowest BCUT2D eigenvalue weighted by molar-refractivity contribution is -0.123. The largest absolute Gasteiger partial charge is 0.393 e. The molecule has 2 atom stereocenters. The molecule has 0 aliphatic rings. The Balaban J connectivity index is 3.97. The van der Waals surface area contributed by atoms with Gasteiger partial charge in [-0.1, -0.05) is 6.08 Å². The molecular weight excluding hydrogens is 128 g/mol. The van der Waals surface area contributed by atoms with E-state index in [4.69, 9.17) is 5.11 Å². The fraction of sp³-hybridized carbons (Fsp3) is 0.625. The molecule has 0 saturated heterocycles. The van der Waals surface area contributed by atoms with E-state index < -0.39 is 6.10 Å². The maximum absolute atomic E-state index is 10.8. The Morgan fingerprint density at radius 1 is 1.80 bits per heavy atom. The van der Waals surface area contributed by atoms with Gasteiger partial charge in [-0.25, -0.2) is 0 Å². The Hall–Kier alpha value is -0.630. The molecule has 58 valence electrons. The van der Waals surface area contributed by atoms with Crippen LogP contribution in [0, 0.1) is 5.92 Å². The molecule has 0 aliphatic heterocycles. The van der Waals surface area contributed by atoms with Crippen LogP contribution in [0.1, 0.15) is 20.3 Å². The Morgan fingerprint density at radius 2 is 2.30 bits per heavy atom. The number of ketones is 1. The fourth-order valence-electron chi connectivity index (χ4n) is 0.882. The number of carbonyl (C=O) groups excluding carboxylic acids is 1. The molecule has 0 unspecified atom stereocenters. The highest BCUT2D eigenvalue weighted by Crippen LogP contribution is 2.09. The molecule has 0 bridgehead atoms. The molecular formula is C8H14O2. The first-order chi connectivity index (χ1) is 4.59. The van der Waals surface area contributed by atoms with Gasteiger partial charge in [0.15, 0.2) is 0 Å². The molecule has 0 aromatic carbocycles. The Labute approximate surface area is 61.6 Å². The molecule has 0 aliphatic carbocycles. The number of allylic oxidation sites excluding steroid dienone is 1. The maximum atomic E-state index is 10.8. The molecule has 0 rings (SSSR count). The molecule has 1 N–H and O–H groups in total. The molecule has 0 aromatic rings.